The van der Waals surface area contributed by atoms with Gasteiger partial charge in [-0.15, -0.1) is 0 Å². The first-order valence-corrected chi connectivity index (χ1v) is 6.81. The Hall–Kier alpha value is -2.90. The van der Waals surface area contributed by atoms with Crippen molar-refractivity contribution in [1.82, 2.24) is 20.2 Å². The number of carboxylic acid groups (broad SMARTS) is 1. The Bertz CT molecular complexity index is 738. The smallest absolute Gasteiger partial charge is 0.352 e. The van der Waals surface area contributed by atoms with Crippen molar-refractivity contribution in [1.29, 1.82) is 0 Å². The zero-order valence-electron chi connectivity index (χ0n) is 12.1. The number of nitrogens with zero attached hydrogens (tertiary/aromatic N) is 4. The van der Waals surface area contributed by atoms with Crippen LogP contribution in [0.2, 0.25) is 0 Å². The number of anilines is 1. The Morgan fingerprint density at radius 2 is 2.27 bits per heavy atom. The van der Waals surface area contributed by atoms with E-state index in [1.165, 1.54) is 4.68 Å². The first-order valence-electron chi connectivity index (χ1n) is 6.81. The molecule has 0 amide bonds. The van der Waals surface area contributed by atoms with Crippen LogP contribution in [0.1, 0.15) is 25.5 Å². The predicted octanol–water partition coefficient (Wildman–Crippen LogP) is 1.44. The van der Waals surface area contributed by atoms with Crippen LogP contribution in [0.25, 0.3) is 0 Å². The maximum Gasteiger partial charge on any atom is 0.352 e. The van der Waals surface area contributed by atoms with E-state index in [4.69, 9.17) is 4.74 Å². The molecule has 0 fully saturated rings. The topological polar surface area (TPSA) is 102 Å². The summed E-state index contributed by atoms with van der Waals surface area (Å²) in [4.78, 5) is 11.2. The van der Waals surface area contributed by atoms with Crippen molar-refractivity contribution in [2.24, 2.45) is 0 Å². The van der Waals surface area contributed by atoms with Gasteiger partial charge in [0.15, 0.2) is 0 Å². The van der Waals surface area contributed by atoms with Crippen molar-refractivity contribution >= 4 is 11.9 Å². The molecule has 2 aromatic rings. The summed E-state index contributed by atoms with van der Waals surface area (Å²) in [6.07, 6.45) is 1.62. The van der Waals surface area contributed by atoms with Gasteiger partial charge in [0.25, 0.3) is 0 Å². The number of ether oxygens (including phenoxy) is 1. The molecule has 0 spiro atoms. The van der Waals surface area contributed by atoms with Crippen molar-refractivity contribution in [2.45, 2.75) is 26.0 Å². The van der Waals surface area contributed by atoms with Crippen LogP contribution in [-0.4, -0.2) is 37.4 Å². The number of carbonyl (C=O) groups is 1. The van der Waals surface area contributed by atoms with Gasteiger partial charge >= 0.3 is 5.97 Å². The van der Waals surface area contributed by atoms with Gasteiger partial charge < -0.3 is 15.2 Å². The molecular weight excluding hydrogens is 286 g/mol. The van der Waals surface area contributed by atoms with Gasteiger partial charge in [0.2, 0.25) is 5.95 Å². The summed E-state index contributed by atoms with van der Waals surface area (Å²) in [5.41, 5.74) is 0.884. The van der Waals surface area contributed by atoms with Crippen LogP contribution >= 0.6 is 0 Å². The lowest BCUT2D eigenvalue weighted by molar-refractivity contribution is -0.132. The van der Waals surface area contributed by atoms with Crippen LogP contribution in [0.5, 0.6) is 5.75 Å². The molecule has 0 unspecified atom stereocenters. The maximum atomic E-state index is 11.2. The van der Waals surface area contributed by atoms with Crippen LogP contribution in [0.15, 0.2) is 36.0 Å². The highest BCUT2D eigenvalue weighted by atomic mass is 16.5. The number of aliphatic carboxylic acids is 1. The Kier molecular flexibility index (Phi) is 3.50. The molecule has 0 bridgehead atoms. The highest BCUT2D eigenvalue weighted by molar-refractivity contribution is 5.90. The molecule has 0 saturated carbocycles. The zero-order chi connectivity index (χ0) is 15.7. The summed E-state index contributed by atoms with van der Waals surface area (Å²) in [6, 6.07) is 7.04. The number of nitrogens with one attached hydrogen (secondary N) is 1. The largest absolute Gasteiger partial charge is 0.491 e. The van der Waals surface area contributed by atoms with Crippen molar-refractivity contribution in [2.75, 3.05) is 5.32 Å². The summed E-state index contributed by atoms with van der Waals surface area (Å²) in [5.74, 6) is -0.0557. The lowest BCUT2D eigenvalue weighted by Gasteiger charge is -2.22. The number of carboxylic acids is 1. The van der Waals surface area contributed by atoms with Crippen molar-refractivity contribution in [3.8, 4) is 5.75 Å². The number of hydrogen-bond donors (Lipinski definition) is 2. The molecule has 1 aromatic heterocycles. The van der Waals surface area contributed by atoms with Gasteiger partial charge in [0, 0.05) is 0 Å². The van der Waals surface area contributed by atoms with Crippen molar-refractivity contribution in [3.63, 3.8) is 0 Å². The van der Waals surface area contributed by atoms with E-state index >= 15 is 0 Å². The van der Waals surface area contributed by atoms with Gasteiger partial charge in [0.1, 0.15) is 17.5 Å². The third-order valence-electron chi connectivity index (χ3n) is 3.13. The van der Waals surface area contributed by atoms with E-state index in [2.05, 4.69) is 20.8 Å². The lowest BCUT2D eigenvalue weighted by Crippen LogP contribution is -2.24. The van der Waals surface area contributed by atoms with Gasteiger partial charge in [-0.3, -0.25) is 0 Å². The van der Waals surface area contributed by atoms with Gasteiger partial charge in [-0.2, -0.15) is 4.68 Å². The Labute approximate surface area is 126 Å². The first kappa shape index (κ1) is 14.1. The number of rotatable bonds is 4. The third-order valence-corrected chi connectivity index (χ3v) is 3.13. The summed E-state index contributed by atoms with van der Waals surface area (Å²) in [5, 5.41) is 23.2. The molecule has 8 nitrogen and oxygen atoms in total. The quantitative estimate of drug-likeness (QED) is 0.881. The average Bonchev–Trinajstić information content (AvgIpc) is 2.94. The number of allylic oxidation sites excluding steroid dienone is 1. The van der Waals surface area contributed by atoms with Gasteiger partial charge in [-0.25, -0.2) is 4.79 Å². The third kappa shape index (κ3) is 2.62. The van der Waals surface area contributed by atoms with Gasteiger partial charge in [-0.1, -0.05) is 17.2 Å². The average molecular weight is 301 g/mol. The predicted molar refractivity (Wildman–Crippen MR) is 77.5 cm³/mol. The number of hydrogen-bond acceptors (Lipinski definition) is 6. The fourth-order valence-electron chi connectivity index (χ4n) is 2.26. The molecule has 1 aliphatic rings. The monoisotopic (exact) mass is 301 g/mol. The standard InChI is InChI=1S/C14H15N5O3/c1-8(2)22-10-5-3-4-9(6-10)12-7-11(13(20)21)15-14-16-17-18-19(12)14/h3-8,12H,1-2H3,(H,20,21)(H,15,16,18)/t12-/m1/s1. The number of benzene rings is 1. The minimum Gasteiger partial charge on any atom is -0.491 e. The van der Waals surface area contributed by atoms with Crippen LogP contribution in [0, 0.1) is 0 Å². The molecular formula is C14H15N5O3. The molecule has 0 radical (unpaired) electrons. The molecule has 2 heterocycles. The van der Waals surface area contributed by atoms with E-state index in [1.807, 2.05) is 38.1 Å². The molecule has 2 N–H and O–H groups in total. The number of fused-ring (bicyclic) bond motifs is 1. The Morgan fingerprint density at radius 3 is 3.00 bits per heavy atom. The molecule has 3 rings (SSSR count). The van der Waals surface area contributed by atoms with Crippen LogP contribution in [0.4, 0.5) is 5.95 Å². The summed E-state index contributed by atoms with van der Waals surface area (Å²) in [7, 11) is 0. The molecule has 8 heteroatoms. The van der Waals surface area contributed by atoms with Gasteiger partial charge in [0.05, 0.1) is 6.10 Å². The van der Waals surface area contributed by atoms with Crippen LogP contribution < -0.4 is 10.1 Å². The molecule has 114 valence electrons. The molecule has 1 aromatic carbocycles. The fraction of sp³-hybridized carbons (Fsp3) is 0.286. The van der Waals surface area contributed by atoms with E-state index in [1.54, 1.807) is 6.08 Å². The van der Waals surface area contributed by atoms with E-state index in [-0.39, 0.29) is 11.8 Å². The molecule has 22 heavy (non-hydrogen) atoms. The van der Waals surface area contributed by atoms with E-state index in [9.17, 15) is 9.90 Å². The number of tetrazole rings is 1. The molecule has 0 saturated heterocycles. The highest BCUT2D eigenvalue weighted by Crippen LogP contribution is 2.29. The SMILES string of the molecule is CC(C)Oc1cccc([C@H]2C=C(C(=O)O)Nc3nnnn32)c1. The molecule has 1 atom stereocenters. The molecule has 0 aliphatic carbocycles. The normalized spacial score (nSPS) is 16.7. The van der Waals surface area contributed by atoms with E-state index in [0.29, 0.717) is 11.7 Å². The minimum absolute atomic E-state index is 0.0440. The highest BCUT2D eigenvalue weighted by Gasteiger charge is 2.26. The number of aromatic nitrogens is 4. The van der Waals surface area contributed by atoms with E-state index in [0.717, 1.165) is 5.56 Å². The van der Waals surface area contributed by atoms with Crippen molar-refractivity contribution in [3.05, 3.63) is 41.6 Å². The zero-order valence-corrected chi connectivity index (χ0v) is 12.1. The Morgan fingerprint density at radius 1 is 1.45 bits per heavy atom. The molecule has 1 aliphatic heterocycles. The van der Waals surface area contributed by atoms with Gasteiger partial charge in [-0.05, 0) is 48.0 Å². The second-order valence-corrected chi connectivity index (χ2v) is 5.14. The fourth-order valence-corrected chi connectivity index (χ4v) is 2.26. The van der Waals surface area contributed by atoms with Crippen molar-refractivity contribution < 1.29 is 14.6 Å². The lowest BCUT2D eigenvalue weighted by atomic mass is 10.0. The summed E-state index contributed by atoms with van der Waals surface area (Å²) >= 11 is 0. The van der Waals surface area contributed by atoms with Crippen LogP contribution in [0.3, 0.4) is 0 Å². The second kappa shape index (κ2) is 5.47. The summed E-state index contributed by atoms with van der Waals surface area (Å²) < 4.78 is 7.20. The second-order valence-electron chi connectivity index (χ2n) is 5.14. The first-order chi connectivity index (χ1) is 10.5. The minimum atomic E-state index is -1.06. The Balaban J connectivity index is 2.01. The van der Waals surface area contributed by atoms with E-state index < -0.39 is 12.0 Å². The van der Waals surface area contributed by atoms with Crippen LogP contribution in [-0.2, 0) is 4.79 Å². The maximum absolute atomic E-state index is 11.2. The summed E-state index contributed by atoms with van der Waals surface area (Å²) in [6.45, 7) is 3.89.